The molecule has 1 N–H and O–H groups in total. The van der Waals surface area contributed by atoms with Crippen molar-refractivity contribution < 1.29 is 23.8 Å². The lowest BCUT2D eigenvalue weighted by atomic mass is 10.1. The predicted molar refractivity (Wildman–Crippen MR) is 84.6 cm³/mol. The van der Waals surface area contributed by atoms with Crippen LogP contribution < -0.4 is 0 Å². The van der Waals surface area contributed by atoms with Crippen molar-refractivity contribution in [3.63, 3.8) is 0 Å². The summed E-state index contributed by atoms with van der Waals surface area (Å²) in [5, 5.41) is 9.72. The zero-order valence-corrected chi connectivity index (χ0v) is 13.8. The number of carbonyl (C=O) groups is 2. The maximum Gasteiger partial charge on any atom is 0.407 e. The molecule has 23 heavy (non-hydrogen) atoms. The van der Waals surface area contributed by atoms with Crippen molar-refractivity contribution in [3.05, 3.63) is 24.1 Å². The Morgan fingerprint density at radius 3 is 2.83 bits per heavy atom. The molecule has 1 aromatic rings. The summed E-state index contributed by atoms with van der Waals surface area (Å²) >= 11 is 1.49. The summed E-state index contributed by atoms with van der Waals surface area (Å²) in [5.74, 6) is 0.125. The van der Waals surface area contributed by atoms with E-state index in [2.05, 4.69) is 11.6 Å². The number of esters is 1. The molecule has 1 fully saturated rings. The van der Waals surface area contributed by atoms with Crippen molar-refractivity contribution in [2.24, 2.45) is 0 Å². The fraction of sp³-hybridized carbons (Fsp3) is 0.533. The Balaban J connectivity index is 1.87. The Morgan fingerprint density at radius 2 is 2.22 bits per heavy atom. The minimum atomic E-state index is -0.874. The van der Waals surface area contributed by atoms with E-state index in [1.165, 1.54) is 22.7 Å². The number of aromatic nitrogens is 1. The Morgan fingerprint density at radius 1 is 1.52 bits per heavy atom. The molecule has 0 aromatic carbocycles. The Bertz CT molecular complexity index is 578. The smallest absolute Gasteiger partial charge is 0.407 e. The number of carbonyl (C=O) groups excluding carboxylic acids is 1. The third-order valence-corrected chi connectivity index (χ3v) is 4.70. The van der Waals surface area contributed by atoms with Crippen LogP contribution in [0.3, 0.4) is 0 Å². The first-order chi connectivity index (χ1) is 11.0. The third kappa shape index (κ3) is 5.02. The van der Waals surface area contributed by atoms with Crippen LogP contribution in [0.5, 0.6) is 0 Å². The highest BCUT2D eigenvalue weighted by atomic mass is 32.2. The first-order valence-corrected chi connectivity index (χ1v) is 8.25. The number of piperidine rings is 1. The van der Waals surface area contributed by atoms with Gasteiger partial charge in [-0.1, -0.05) is 24.4 Å². The van der Waals surface area contributed by atoms with E-state index in [0.29, 0.717) is 29.8 Å². The van der Waals surface area contributed by atoms with Gasteiger partial charge >= 0.3 is 12.1 Å². The molecule has 0 bridgehead atoms. The number of likely N-dealkylation sites (tertiary alicyclic amines) is 1. The minimum Gasteiger partial charge on any atom is -0.465 e. The van der Waals surface area contributed by atoms with Gasteiger partial charge in [0.2, 0.25) is 0 Å². The lowest BCUT2D eigenvalue weighted by Crippen LogP contribution is -2.38. The van der Waals surface area contributed by atoms with Crippen molar-refractivity contribution >= 4 is 23.8 Å². The molecule has 0 spiro atoms. The molecule has 0 aliphatic carbocycles. The van der Waals surface area contributed by atoms with E-state index in [4.69, 9.17) is 14.3 Å². The number of hydrogen-bond acceptors (Lipinski definition) is 6. The summed E-state index contributed by atoms with van der Waals surface area (Å²) in [7, 11) is 0. The summed E-state index contributed by atoms with van der Waals surface area (Å²) in [6.07, 6.45) is 2.20. The van der Waals surface area contributed by atoms with E-state index in [1.54, 1.807) is 6.92 Å². The van der Waals surface area contributed by atoms with E-state index in [1.807, 2.05) is 0 Å². The molecular formula is C15H20N2O5S. The second-order valence-electron chi connectivity index (χ2n) is 5.22. The molecule has 0 atom stereocenters. The quantitative estimate of drug-likeness (QED) is 0.628. The highest BCUT2D eigenvalue weighted by molar-refractivity contribution is 7.99. The second kappa shape index (κ2) is 8.05. The van der Waals surface area contributed by atoms with Crippen LogP contribution in [0.1, 0.15) is 24.3 Å². The van der Waals surface area contributed by atoms with Gasteiger partial charge in [0, 0.05) is 18.3 Å². The summed E-state index contributed by atoms with van der Waals surface area (Å²) in [6, 6.07) is 0. The van der Waals surface area contributed by atoms with E-state index in [0.717, 1.165) is 12.8 Å². The highest BCUT2D eigenvalue weighted by Crippen LogP contribution is 2.31. The van der Waals surface area contributed by atoms with Gasteiger partial charge in [0.15, 0.2) is 0 Å². The van der Waals surface area contributed by atoms with Crippen molar-refractivity contribution in [2.75, 3.05) is 19.7 Å². The van der Waals surface area contributed by atoms with Crippen LogP contribution in [-0.2, 0) is 16.0 Å². The zero-order chi connectivity index (χ0) is 16.8. The standard InChI is InChI=1S/C15H20N2O5S/c1-3-8-21-13(18)9-12-10(2)16-14(22-12)23-11-4-6-17(7-5-11)15(19)20/h3,11H,1,4-9H2,2H3,(H,19,20). The first-order valence-electron chi connectivity index (χ1n) is 7.37. The third-order valence-electron chi connectivity index (χ3n) is 3.52. The number of thioether (sulfide) groups is 1. The maximum absolute atomic E-state index is 11.6. The summed E-state index contributed by atoms with van der Waals surface area (Å²) in [5.41, 5.74) is 0.672. The summed E-state index contributed by atoms with van der Waals surface area (Å²) in [4.78, 5) is 28.2. The van der Waals surface area contributed by atoms with Gasteiger partial charge in [0.25, 0.3) is 5.22 Å². The molecule has 0 unspecified atom stereocenters. The summed E-state index contributed by atoms with van der Waals surface area (Å²) in [6.45, 7) is 6.49. The van der Waals surface area contributed by atoms with Crippen molar-refractivity contribution in [1.82, 2.24) is 9.88 Å². The van der Waals surface area contributed by atoms with Crippen LogP contribution in [0.4, 0.5) is 4.79 Å². The fourth-order valence-corrected chi connectivity index (χ4v) is 3.33. The number of oxazole rings is 1. The van der Waals surface area contributed by atoms with Crippen LogP contribution in [-0.4, -0.2) is 52.0 Å². The van der Waals surface area contributed by atoms with E-state index < -0.39 is 6.09 Å². The van der Waals surface area contributed by atoms with Gasteiger partial charge in [-0.05, 0) is 19.8 Å². The first kappa shape index (κ1) is 17.4. The SMILES string of the molecule is C=CCOC(=O)Cc1oc(SC2CCN(C(=O)O)CC2)nc1C. The monoisotopic (exact) mass is 340 g/mol. The van der Waals surface area contributed by atoms with Gasteiger partial charge in [0.05, 0.1) is 5.69 Å². The van der Waals surface area contributed by atoms with Crippen molar-refractivity contribution in [2.45, 2.75) is 36.7 Å². The van der Waals surface area contributed by atoms with E-state index in [9.17, 15) is 9.59 Å². The molecule has 1 aliphatic heterocycles. The Labute approximate surface area is 138 Å². The van der Waals surface area contributed by atoms with Gasteiger partial charge in [-0.25, -0.2) is 9.78 Å². The minimum absolute atomic E-state index is 0.0463. The van der Waals surface area contributed by atoms with Crippen LogP contribution in [0.15, 0.2) is 22.3 Å². The molecule has 2 heterocycles. The van der Waals surface area contributed by atoms with Gasteiger partial charge in [-0.2, -0.15) is 0 Å². The van der Waals surface area contributed by atoms with Gasteiger partial charge < -0.3 is 19.2 Å². The number of amides is 1. The van der Waals surface area contributed by atoms with E-state index >= 15 is 0 Å². The molecule has 0 saturated carbocycles. The Hall–Kier alpha value is -1.96. The lowest BCUT2D eigenvalue weighted by molar-refractivity contribution is -0.141. The molecule has 1 saturated heterocycles. The maximum atomic E-state index is 11.6. The van der Waals surface area contributed by atoms with Crippen LogP contribution in [0, 0.1) is 6.92 Å². The van der Waals surface area contributed by atoms with Crippen LogP contribution >= 0.6 is 11.8 Å². The number of rotatable bonds is 6. The fourth-order valence-electron chi connectivity index (χ4n) is 2.26. The average molecular weight is 340 g/mol. The molecule has 1 amide bonds. The predicted octanol–water partition coefficient (Wildman–Crippen LogP) is 2.49. The highest BCUT2D eigenvalue weighted by Gasteiger charge is 2.25. The molecule has 0 radical (unpaired) electrons. The number of nitrogens with zero attached hydrogens (tertiary/aromatic N) is 2. The molecule has 126 valence electrons. The largest absolute Gasteiger partial charge is 0.465 e. The molecule has 1 aromatic heterocycles. The van der Waals surface area contributed by atoms with Crippen molar-refractivity contribution in [1.29, 1.82) is 0 Å². The molecular weight excluding hydrogens is 320 g/mol. The number of carboxylic acid groups (broad SMARTS) is 1. The molecule has 2 rings (SSSR count). The van der Waals surface area contributed by atoms with Gasteiger partial charge in [-0.15, -0.1) is 0 Å². The topological polar surface area (TPSA) is 92.9 Å². The van der Waals surface area contributed by atoms with Gasteiger partial charge in [0.1, 0.15) is 18.8 Å². The molecule has 8 heteroatoms. The van der Waals surface area contributed by atoms with Crippen LogP contribution in [0.2, 0.25) is 0 Å². The summed E-state index contributed by atoms with van der Waals surface area (Å²) < 4.78 is 10.6. The molecule has 7 nitrogen and oxygen atoms in total. The van der Waals surface area contributed by atoms with Crippen LogP contribution in [0.25, 0.3) is 0 Å². The van der Waals surface area contributed by atoms with Gasteiger partial charge in [-0.3, -0.25) is 4.79 Å². The number of aryl methyl sites for hydroxylation is 1. The normalized spacial score (nSPS) is 15.4. The lowest BCUT2D eigenvalue weighted by Gasteiger charge is -2.28. The Kier molecular flexibility index (Phi) is 6.09. The second-order valence-corrected chi connectivity index (χ2v) is 6.48. The average Bonchev–Trinajstić information content (AvgIpc) is 2.85. The zero-order valence-electron chi connectivity index (χ0n) is 13.0. The molecule has 1 aliphatic rings. The number of hydrogen-bond donors (Lipinski definition) is 1. The number of ether oxygens (including phenoxy) is 1. The van der Waals surface area contributed by atoms with E-state index in [-0.39, 0.29) is 24.2 Å². The van der Waals surface area contributed by atoms with Crippen molar-refractivity contribution in [3.8, 4) is 0 Å².